The number of rotatable bonds is 1. The van der Waals surface area contributed by atoms with Crippen molar-refractivity contribution in [1.29, 1.82) is 0 Å². The molecule has 3 aliphatic rings. The fraction of sp³-hybridized carbons (Fsp3) is 1.00. The molecule has 0 amide bonds. The molecule has 0 spiro atoms. The van der Waals surface area contributed by atoms with Crippen molar-refractivity contribution in [2.24, 2.45) is 5.92 Å². The molecule has 3 saturated heterocycles. The number of nitrogens with one attached hydrogen (secondary N) is 1. The molecule has 104 valence electrons. The lowest BCUT2D eigenvalue weighted by molar-refractivity contribution is 0.0971. The van der Waals surface area contributed by atoms with E-state index in [9.17, 15) is 0 Å². The number of hydrogen-bond donors (Lipinski definition) is 1. The monoisotopic (exact) mass is 251 g/mol. The smallest absolute Gasteiger partial charge is 0.0263 e. The topological polar surface area (TPSA) is 18.5 Å². The Hall–Kier alpha value is -0.120. The molecule has 0 bridgehead atoms. The summed E-state index contributed by atoms with van der Waals surface area (Å²) >= 11 is 0. The third kappa shape index (κ3) is 2.73. The fourth-order valence-electron chi connectivity index (χ4n) is 4.26. The summed E-state index contributed by atoms with van der Waals surface area (Å²) in [6.45, 7) is 10.2. The van der Waals surface area contributed by atoms with Crippen molar-refractivity contribution in [2.75, 3.05) is 39.3 Å². The van der Waals surface area contributed by atoms with Crippen molar-refractivity contribution >= 4 is 0 Å². The van der Waals surface area contributed by atoms with Crippen molar-refractivity contribution in [2.45, 2.75) is 51.1 Å². The van der Waals surface area contributed by atoms with Crippen LogP contribution in [0.3, 0.4) is 0 Å². The summed E-state index contributed by atoms with van der Waals surface area (Å²) in [5.41, 5.74) is 0. The molecule has 3 fully saturated rings. The molecule has 1 N–H and O–H groups in total. The Balaban J connectivity index is 1.64. The average Bonchev–Trinajstić information content (AvgIpc) is 2.77. The number of fused-ring (bicyclic) bond motifs is 1. The molecule has 0 saturated carbocycles. The molecule has 3 nitrogen and oxygen atoms in total. The maximum Gasteiger partial charge on any atom is 0.0263 e. The molecule has 0 aliphatic carbocycles. The van der Waals surface area contributed by atoms with E-state index in [1.54, 1.807) is 0 Å². The summed E-state index contributed by atoms with van der Waals surface area (Å²) in [5.74, 6) is 0.808. The van der Waals surface area contributed by atoms with E-state index >= 15 is 0 Å². The van der Waals surface area contributed by atoms with E-state index < -0.39 is 0 Å². The Morgan fingerprint density at radius 1 is 0.889 bits per heavy atom. The van der Waals surface area contributed by atoms with Gasteiger partial charge in [-0.3, -0.25) is 9.80 Å². The lowest BCUT2D eigenvalue weighted by Gasteiger charge is -2.39. The number of nitrogens with zero attached hydrogens (tertiary/aromatic N) is 2. The van der Waals surface area contributed by atoms with Gasteiger partial charge in [0.05, 0.1) is 0 Å². The summed E-state index contributed by atoms with van der Waals surface area (Å²) in [7, 11) is 0. The molecule has 0 radical (unpaired) electrons. The van der Waals surface area contributed by atoms with Gasteiger partial charge in [0.2, 0.25) is 0 Å². The van der Waals surface area contributed by atoms with Gasteiger partial charge in [-0.25, -0.2) is 0 Å². The van der Waals surface area contributed by atoms with E-state index in [0.29, 0.717) is 0 Å². The van der Waals surface area contributed by atoms with Gasteiger partial charge in [0.1, 0.15) is 0 Å². The highest BCUT2D eigenvalue weighted by Gasteiger charge is 2.38. The minimum absolute atomic E-state index is 0.808. The standard InChI is InChI=1S/C15H29N3/c1-13-11-16-7-4-9-18(12-13)15-6-10-17-8-3-2-5-14(15)17/h13-16H,2-12H2,1H3. The maximum atomic E-state index is 3.57. The SMILES string of the molecule is CC1CNCCCN(C2CCN3CCCCC23)C1. The molecule has 3 heteroatoms. The zero-order valence-electron chi connectivity index (χ0n) is 11.9. The second-order valence-corrected chi connectivity index (χ2v) is 6.61. The summed E-state index contributed by atoms with van der Waals surface area (Å²) in [6, 6.07) is 1.75. The summed E-state index contributed by atoms with van der Waals surface area (Å²) in [5, 5.41) is 3.57. The average molecular weight is 251 g/mol. The van der Waals surface area contributed by atoms with Gasteiger partial charge >= 0.3 is 0 Å². The Bertz CT molecular complexity index is 268. The maximum absolute atomic E-state index is 3.57. The lowest BCUT2D eigenvalue weighted by Crippen LogP contribution is -2.50. The van der Waals surface area contributed by atoms with Gasteiger partial charge in [-0.05, 0) is 57.8 Å². The van der Waals surface area contributed by atoms with Gasteiger partial charge in [-0.15, -0.1) is 0 Å². The van der Waals surface area contributed by atoms with E-state index in [2.05, 4.69) is 22.0 Å². The van der Waals surface area contributed by atoms with Crippen molar-refractivity contribution in [3.05, 3.63) is 0 Å². The first-order valence-electron chi connectivity index (χ1n) is 8.03. The van der Waals surface area contributed by atoms with Gasteiger partial charge < -0.3 is 5.32 Å². The molecule has 3 heterocycles. The fourth-order valence-corrected chi connectivity index (χ4v) is 4.26. The first kappa shape index (κ1) is 12.9. The van der Waals surface area contributed by atoms with Gasteiger partial charge in [0.25, 0.3) is 0 Å². The van der Waals surface area contributed by atoms with Crippen LogP contribution in [0.4, 0.5) is 0 Å². The van der Waals surface area contributed by atoms with Crippen molar-refractivity contribution in [1.82, 2.24) is 15.1 Å². The number of piperidine rings is 1. The van der Waals surface area contributed by atoms with Crippen molar-refractivity contribution in [3.8, 4) is 0 Å². The molecule has 0 aromatic carbocycles. The van der Waals surface area contributed by atoms with Crippen LogP contribution in [0, 0.1) is 5.92 Å². The largest absolute Gasteiger partial charge is 0.316 e. The second-order valence-electron chi connectivity index (χ2n) is 6.61. The van der Waals surface area contributed by atoms with Crippen LogP contribution in [0.1, 0.15) is 39.0 Å². The molecule has 0 aromatic rings. The zero-order valence-corrected chi connectivity index (χ0v) is 11.9. The van der Waals surface area contributed by atoms with Crippen LogP contribution in [-0.2, 0) is 0 Å². The Morgan fingerprint density at radius 3 is 2.67 bits per heavy atom. The van der Waals surface area contributed by atoms with E-state index in [1.165, 1.54) is 71.4 Å². The van der Waals surface area contributed by atoms with Crippen LogP contribution < -0.4 is 5.32 Å². The molecule has 3 aliphatic heterocycles. The number of hydrogen-bond acceptors (Lipinski definition) is 3. The lowest BCUT2D eigenvalue weighted by atomic mass is 9.96. The minimum Gasteiger partial charge on any atom is -0.316 e. The van der Waals surface area contributed by atoms with Crippen LogP contribution in [0.5, 0.6) is 0 Å². The Labute approximate surface area is 112 Å². The summed E-state index contributed by atoms with van der Waals surface area (Å²) < 4.78 is 0. The summed E-state index contributed by atoms with van der Waals surface area (Å²) in [6.07, 6.45) is 7.10. The highest BCUT2D eigenvalue weighted by Crippen LogP contribution is 2.31. The zero-order chi connectivity index (χ0) is 12.4. The normalized spacial score (nSPS) is 40.2. The Kier molecular flexibility index (Phi) is 4.22. The quantitative estimate of drug-likeness (QED) is 0.763. The van der Waals surface area contributed by atoms with E-state index in [-0.39, 0.29) is 0 Å². The van der Waals surface area contributed by atoms with Gasteiger partial charge in [-0.1, -0.05) is 13.3 Å². The van der Waals surface area contributed by atoms with Crippen LogP contribution in [0.15, 0.2) is 0 Å². The summed E-state index contributed by atoms with van der Waals surface area (Å²) in [4.78, 5) is 5.61. The van der Waals surface area contributed by atoms with Crippen LogP contribution in [0.25, 0.3) is 0 Å². The van der Waals surface area contributed by atoms with Gasteiger partial charge in [-0.2, -0.15) is 0 Å². The van der Waals surface area contributed by atoms with Crippen LogP contribution in [-0.4, -0.2) is 61.2 Å². The predicted octanol–water partition coefficient (Wildman–Crippen LogP) is 1.54. The van der Waals surface area contributed by atoms with Crippen molar-refractivity contribution in [3.63, 3.8) is 0 Å². The van der Waals surface area contributed by atoms with Crippen LogP contribution in [0.2, 0.25) is 0 Å². The van der Waals surface area contributed by atoms with E-state index in [1.807, 2.05) is 0 Å². The molecular weight excluding hydrogens is 222 g/mol. The first-order valence-corrected chi connectivity index (χ1v) is 8.03. The van der Waals surface area contributed by atoms with Gasteiger partial charge in [0.15, 0.2) is 0 Å². The predicted molar refractivity (Wildman–Crippen MR) is 75.8 cm³/mol. The molecule has 3 atom stereocenters. The highest BCUT2D eigenvalue weighted by atomic mass is 15.3. The van der Waals surface area contributed by atoms with Gasteiger partial charge in [0, 0.05) is 25.2 Å². The first-order chi connectivity index (χ1) is 8.84. The molecule has 0 aromatic heterocycles. The van der Waals surface area contributed by atoms with Crippen molar-refractivity contribution < 1.29 is 0 Å². The Morgan fingerprint density at radius 2 is 1.72 bits per heavy atom. The minimum atomic E-state index is 0.808. The third-order valence-electron chi connectivity index (χ3n) is 5.13. The second kappa shape index (κ2) is 5.89. The van der Waals surface area contributed by atoms with E-state index in [4.69, 9.17) is 0 Å². The highest BCUT2D eigenvalue weighted by molar-refractivity contribution is 4.95. The molecule has 3 rings (SSSR count). The molecule has 3 unspecified atom stereocenters. The molecular formula is C15H29N3. The van der Waals surface area contributed by atoms with E-state index in [0.717, 1.165) is 18.0 Å². The van der Waals surface area contributed by atoms with Crippen LogP contribution >= 0.6 is 0 Å². The molecule has 18 heavy (non-hydrogen) atoms. The third-order valence-corrected chi connectivity index (χ3v) is 5.13.